The van der Waals surface area contributed by atoms with Crippen LogP contribution in [0.25, 0.3) is 0 Å². The number of amides is 2. The maximum absolute atomic E-state index is 12.8. The first-order valence-corrected chi connectivity index (χ1v) is 8.71. The molecule has 2 aliphatic rings. The van der Waals surface area contributed by atoms with Crippen molar-refractivity contribution in [2.45, 2.75) is 25.8 Å². The van der Waals surface area contributed by atoms with E-state index in [0.717, 1.165) is 32.5 Å². The molecule has 0 aromatic heterocycles. The van der Waals surface area contributed by atoms with Gasteiger partial charge in [-0.15, -0.1) is 12.4 Å². The number of hydrogen-bond acceptors (Lipinski definition) is 4. The van der Waals surface area contributed by atoms with Gasteiger partial charge in [0.1, 0.15) is 5.75 Å². The van der Waals surface area contributed by atoms with Gasteiger partial charge in [0.2, 0.25) is 5.91 Å². The minimum Gasteiger partial charge on any atom is -0.494 e. The number of piperazine rings is 1. The lowest BCUT2D eigenvalue weighted by atomic mass is 10.0. The Kier molecular flexibility index (Phi) is 7.08. The average molecular weight is 368 g/mol. The van der Waals surface area contributed by atoms with Gasteiger partial charge in [-0.1, -0.05) is 6.07 Å². The number of benzene rings is 1. The first kappa shape index (κ1) is 19.5. The first-order valence-electron chi connectivity index (χ1n) is 8.71. The topological polar surface area (TPSA) is 61.9 Å². The largest absolute Gasteiger partial charge is 0.494 e. The number of rotatable bonds is 4. The normalized spacial score (nSPS) is 20.8. The van der Waals surface area contributed by atoms with Crippen molar-refractivity contribution in [2.24, 2.45) is 0 Å². The Morgan fingerprint density at radius 3 is 2.96 bits per heavy atom. The number of hydrogen-bond donors (Lipinski definition) is 1. The standard InChI is InChI=1S/C18H25N3O3.ClH/c1-2-24-16-7-3-5-14(11-16)18(23)20-9-4-6-15(13-20)21-10-8-19-12-17(21)22;/h3,5,7,11,15,19H,2,4,6,8-10,12-13H2,1H3;1H. The predicted octanol–water partition coefficient (Wildman–Crippen LogP) is 1.54. The van der Waals surface area contributed by atoms with Crippen LogP contribution in [0.5, 0.6) is 5.75 Å². The zero-order valence-electron chi connectivity index (χ0n) is 14.6. The number of halogens is 1. The van der Waals surface area contributed by atoms with Gasteiger partial charge < -0.3 is 19.9 Å². The third-order valence-corrected chi connectivity index (χ3v) is 4.64. The second-order valence-electron chi connectivity index (χ2n) is 6.27. The molecular formula is C18H26ClN3O3. The van der Waals surface area contributed by atoms with Gasteiger partial charge in [-0.25, -0.2) is 0 Å². The van der Waals surface area contributed by atoms with Gasteiger partial charge in [-0.3, -0.25) is 9.59 Å². The Morgan fingerprint density at radius 1 is 1.36 bits per heavy atom. The summed E-state index contributed by atoms with van der Waals surface area (Å²) < 4.78 is 5.48. The van der Waals surface area contributed by atoms with Crippen LogP contribution >= 0.6 is 12.4 Å². The predicted molar refractivity (Wildman–Crippen MR) is 98.4 cm³/mol. The minimum atomic E-state index is 0. The molecule has 1 N–H and O–H groups in total. The Morgan fingerprint density at radius 2 is 2.20 bits per heavy atom. The summed E-state index contributed by atoms with van der Waals surface area (Å²) in [5, 5.41) is 3.10. The molecule has 3 rings (SSSR count). The molecule has 25 heavy (non-hydrogen) atoms. The van der Waals surface area contributed by atoms with Crippen LogP contribution in [0.15, 0.2) is 24.3 Å². The fourth-order valence-corrected chi connectivity index (χ4v) is 3.47. The highest BCUT2D eigenvalue weighted by Gasteiger charge is 2.31. The maximum atomic E-state index is 12.8. The summed E-state index contributed by atoms with van der Waals surface area (Å²) in [7, 11) is 0. The van der Waals surface area contributed by atoms with Crippen molar-refractivity contribution in [3.05, 3.63) is 29.8 Å². The van der Waals surface area contributed by atoms with Crippen molar-refractivity contribution in [3.63, 3.8) is 0 Å². The van der Waals surface area contributed by atoms with E-state index in [9.17, 15) is 9.59 Å². The van der Waals surface area contributed by atoms with Crippen molar-refractivity contribution >= 4 is 24.2 Å². The van der Waals surface area contributed by atoms with Crippen LogP contribution < -0.4 is 10.1 Å². The number of piperidine rings is 1. The molecule has 1 aromatic carbocycles. The number of carbonyl (C=O) groups is 2. The first-order chi connectivity index (χ1) is 11.7. The number of nitrogens with one attached hydrogen (secondary N) is 1. The summed E-state index contributed by atoms with van der Waals surface area (Å²) in [6, 6.07) is 7.46. The molecular weight excluding hydrogens is 342 g/mol. The molecule has 2 heterocycles. The maximum Gasteiger partial charge on any atom is 0.254 e. The van der Waals surface area contributed by atoms with Crippen molar-refractivity contribution in [1.82, 2.24) is 15.1 Å². The van der Waals surface area contributed by atoms with E-state index in [1.54, 1.807) is 6.07 Å². The fraction of sp³-hybridized carbons (Fsp3) is 0.556. The van der Waals surface area contributed by atoms with Crippen LogP contribution in [0.3, 0.4) is 0 Å². The SMILES string of the molecule is CCOc1cccc(C(=O)N2CCCC(N3CCNCC3=O)C2)c1.Cl. The Hall–Kier alpha value is -1.79. The van der Waals surface area contributed by atoms with Gasteiger partial charge in [-0.05, 0) is 38.0 Å². The highest BCUT2D eigenvalue weighted by atomic mass is 35.5. The summed E-state index contributed by atoms with van der Waals surface area (Å²) in [6.07, 6.45) is 1.90. The Labute approximate surface area is 154 Å². The molecule has 0 saturated carbocycles. The number of carbonyl (C=O) groups excluding carboxylic acids is 2. The quantitative estimate of drug-likeness (QED) is 0.877. The molecule has 1 unspecified atom stereocenters. The number of ether oxygens (including phenoxy) is 1. The number of nitrogens with zero attached hydrogens (tertiary/aromatic N) is 2. The Bertz CT molecular complexity index is 611. The zero-order chi connectivity index (χ0) is 16.9. The van der Waals surface area contributed by atoms with Gasteiger partial charge in [0.25, 0.3) is 5.91 Å². The molecule has 6 nitrogen and oxygen atoms in total. The third kappa shape index (κ3) is 4.64. The lowest BCUT2D eigenvalue weighted by molar-refractivity contribution is -0.135. The number of likely N-dealkylation sites (tertiary alicyclic amines) is 1. The van der Waals surface area contributed by atoms with Crippen molar-refractivity contribution in [2.75, 3.05) is 39.3 Å². The zero-order valence-corrected chi connectivity index (χ0v) is 15.4. The van der Waals surface area contributed by atoms with Gasteiger partial charge >= 0.3 is 0 Å². The van der Waals surface area contributed by atoms with Crippen LogP contribution in [0.4, 0.5) is 0 Å². The van der Waals surface area contributed by atoms with Crippen molar-refractivity contribution in [1.29, 1.82) is 0 Å². The molecule has 2 saturated heterocycles. The van der Waals surface area contributed by atoms with E-state index >= 15 is 0 Å². The molecule has 0 aliphatic carbocycles. The fourth-order valence-electron chi connectivity index (χ4n) is 3.47. The van der Waals surface area contributed by atoms with E-state index in [2.05, 4.69) is 5.32 Å². The van der Waals surface area contributed by atoms with Crippen LogP contribution in [0, 0.1) is 0 Å². The van der Waals surface area contributed by atoms with E-state index < -0.39 is 0 Å². The Balaban J connectivity index is 0.00000225. The van der Waals surface area contributed by atoms with Gasteiger partial charge in [0, 0.05) is 37.8 Å². The summed E-state index contributed by atoms with van der Waals surface area (Å²) in [4.78, 5) is 28.7. The van der Waals surface area contributed by atoms with Gasteiger partial charge in [0.15, 0.2) is 0 Å². The molecule has 0 bridgehead atoms. The van der Waals surface area contributed by atoms with Crippen LogP contribution in [-0.4, -0.2) is 67.0 Å². The molecule has 138 valence electrons. The monoisotopic (exact) mass is 367 g/mol. The summed E-state index contributed by atoms with van der Waals surface area (Å²) in [5.74, 6) is 0.872. The van der Waals surface area contributed by atoms with Crippen LogP contribution in [0.2, 0.25) is 0 Å². The molecule has 2 aliphatic heterocycles. The molecule has 7 heteroatoms. The third-order valence-electron chi connectivity index (χ3n) is 4.64. The van der Waals surface area contributed by atoms with Crippen LogP contribution in [0.1, 0.15) is 30.1 Å². The van der Waals surface area contributed by atoms with Crippen LogP contribution in [-0.2, 0) is 4.79 Å². The van der Waals surface area contributed by atoms with E-state index in [-0.39, 0.29) is 30.3 Å². The van der Waals surface area contributed by atoms with Gasteiger partial charge in [0.05, 0.1) is 13.2 Å². The highest BCUT2D eigenvalue weighted by molar-refractivity contribution is 5.94. The van der Waals surface area contributed by atoms with Crippen molar-refractivity contribution < 1.29 is 14.3 Å². The molecule has 2 fully saturated rings. The lowest BCUT2D eigenvalue weighted by Gasteiger charge is -2.41. The molecule has 1 atom stereocenters. The molecule has 1 aromatic rings. The van der Waals surface area contributed by atoms with E-state index in [1.165, 1.54) is 0 Å². The highest BCUT2D eigenvalue weighted by Crippen LogP contribution is 2.21. The molecule has 2 amide bonds. The van der Waals surface area contributed by atoms with E-state index in [4.69, 9.17) is 4.74 Å². The second kappa shape index (κ2) is 9.06. The van der Waals surface area contributed by atoms with Gasteiger partial charge in [-0.2, -0.15) is 0 Å². The lowest BCUT2D eigenvalue weighted by Crippen LogP contribution is -2.57. The summed E-state index contributed by atoms with van der Waals surface area (Å²) in [5.41, 5.74) is 0.647. The van der Waals surface area contributed by atoms with E-state index in [0.29, 0.717) is 31.0 Å². The summed E-state index contributed by atoms with van der Waals surface area (Å²) in [6.45, 7) is 5.82. The minimum absolute atomic E-state index is 0. The average Bonchev–Trinajstić information content (AvgIpc) is 2.62. The smallest absolute Gasteiger partial charge is 0.254 e. The second-order valence-corrected chi connectivity index (χ2v) is 6.27. The molecule has 0 radical (unpaired) electrons. The van der Waals surface area contributed by atoms with Crippen molar-refractivity contribution in [3.8, 4) is 5.75 Å². The molecule has 0 spiro atoms. The van der Waals surface area contributed by atoms with E-state index in [1.807, 2.05) is 34.9 Å². The summed E-state index contributed by atoms with van der Waals surface area (Å²) >= 11 is 0.